The lowest BCUT2D eigenvalue weighted by Gasteiger charge is -2.35. The van der Waals surface area contributed by atoms with Crippen molar-refractivity contribution in [2.24, 2.45) is 46.0 Å². The second-order valence-corrected chi connectivity index (χ2v) is 11.4. The molecule has 0 amide bonds. The summed E-state index contributed by atoms with van der Waals surface area (Å²) in [6.45, 7) is 2.16. The molecule has 38 heavy (non-hydrogen) atoms. The van der Waals surface area contributed by atoms with E-state index in [0.29, 0.717) is 11.4 Å². The number of esters is 1. The molecule has 3 fully saturated rings. The van der Waals surface area contributed by atoms with Gasteiger partial charge in [0.1, 0.15) is 0 Å². The molecule has 8 heteroatoms. The Kier molecular flexibility index (Phi) is 9.72. The fourth-order valence-corrected chi connectivity index (χ4v) is 6.29. The van der Waals surface area contributed by atoms with Crippen LogP contribution in [0.25, 0.3) is 0 Å². The molecule has 208 valence electrons. The van der Waals surface area contributed by atoms with Crippen LogP contribution in [0, 0.1) is 23.7 Å². The number of anilines is 1. The first-order valence-corrected chi connectivity index (χ1v) is 14.3. The molecule has 3 aliphatic rings. The highest BCUT2D eigenvalue weighted by molar-refractivity contribution is 6.22. The standard InChI is InChI=1S/C30H46N6O2/c1-35(33)20-28(32)25-17-26(25)29(27(18-31)30(37)38-2)34-23-11-6-12-24(16-23)36-15-7-10-22(19-36)14-13-21-8-4-3-5-9-21/h6,11-12,16,18,20-22,25-26H,3-5,7-10,13-15,17,19,31-33H2,1-2H3/b27-18?,28-20-,34-29?. The van der Waals surface area contributed by atoms with Gasteiger partial charge < -0.3 is 26.1 Å². The zero-order valence-electron chi connectivity index (χ0n) is 23.1. The number of methoxy groups -OCH3 is 1. The Balaban J connectivity index is 1.50. The summed E-state index contributed by atoms with van der Waals surface area (Å²) in [7, 11) is 3.08. The number of allylic oxidation sites excluding steroid dienone is 1. The van der Waals surface area contributed by atoms with Gasteiger partial charge in [-0.2, -0.15) is 0 Å². The van der Waals surface area contributed by atoms with Crippen LogP contribution in [0.3, 0.4) is 0 Å². The number of benzene rings is 1. The molecule has 2 aliphatic carbocycles. The van der Waals surface area contributed by atoms with E-state index in [1.54, 1.807) is 13.2 Å². The van der Waals surface area contributed by atoms with Crippen molar-refractivity contribution in [3.63, 3.8) is 0 Å². The summed E-state index contributed by atoms with van der Waals surface area (Å²) in [6, 6.07) is 8.31. The monoisotopic (exact) mass is 522 g/mol. The number of hydrogen-bond acceptors (Lipinski definition) is 8. The first kappa shape index (κ1) is 28.0. The number of aliphatic imine (C=N–C) groups is 1. The van der Waals surface area contributed by atoms with Gasteiger partial charge in [0, 0.05) is 55.8 Å². The van der Waals surface area contributed by atoms with Gasteiger partial charge in [-0.15, -0.1) is 0 Å². The van der Waals surface area contributed by atoms with Gasteiger partial charge in [-0.3, -0.25) is 4.99 Å². The molecule has 1 aromatic carbocycles. The van der Waals surface area contributed by atoms with Gasteiger partial charge in [0.25, 0.3) is 0 Å². The summed E-state index contributed by atoms with van der Waals surface area (Å²) in [5, 5.41) is 1.44. The first-order chi connectivity index (χ1) is 18.4. The molecule has 8 nitrogen and oxygen atoms in total. The summed E-state index contributed by atoms with van der Waals surface area (Å²) in [6.07, 6.45) is 16.2. The SMILES string of the molecule is COC(=O)C(=CN)C(=Nc1cccc(N2CCCC(CCC3CCCCC3)C2)c1)C1CC1/C(N)=C/N(C)N. The molecule has 1 aromatic rings. The molecule has 0 spiro atoms. The van der Waals surface area contributed by atoms with Gasteiger partial charge in [-0.05, 0) is 55.7 Å². The van der Waals surface area contributed by atoms with E-state index >= 15 is 0 Å². The minimum Gasteiger partial charge on any atom is -0.465 e. The largest absolute Gasteiger partial charge is 0.465 e. The molecular formula is C30H46N6O2. The van der Waals surface area contributed by atoms with E-state index in [0.717, 1.165) is 37.0 Å². The van der Waals surface area contributed by atoms with Crippen molar-refractivity contribution in [1.29, 1.82) is 0 Å². The molecule has 2 saturated carbocycles. The lowest BCUT2D eigenvalue weighted by molar-refractivity contribution is -0.135. The Bertz CT molecular complexity index is 1040. The number of hydrogen-bond donors (Lipinski definition) is 3. The average Bonchev–Trinajstić information content (AvgIpc) is 3.73. The Hall–Kier alpha value is -3.00. The molecule has 0 radical (unpaired) electrons. The number of carbonyl (C=O) groups excluding carboxylic acids is 1. The fraction of sp³-hybridized carbons (Fsp3) is 0.600. The van der Waals surface area contributed by atoms with Crippen LogP contribution in [0.2, 0.25) is 0 Å². The van der Waals surface area contributed by atoms with Crippen LogP contribution in [-0.4, -0.2) is 43.9 Å². The number of piperidine rings is 1. The average molecular weight is 523 g/mol. The van der Waals surface area contributed by atoms with Crippen molar-refractivity contribution in [3.8, 4) is 0 Å². The van der Waals surface area contributed by atoms with E-state index in [1.807, 2.05) is 12.1 Å². The number of carbonyl (C=O) groups is 1. The third kappa shape index (κ3) is 7.31. The van der Waals surface area contributed by atoms with Crippen molar-refractivity contribution in [3.05, 3.63) is 47.9 Å². The van der Waals surface area contributed by atoms with Gasteiger partial charge in [0.15, 0.2) is 0 Å². The van der Waals surface area contributed by atoms with Gasteiger partial charge in [0.05, 0.1) is 24.1 Å². The Morgan fingerprint density at radius 2 is 1.87 bits per heavy atom. The topological polar surface area (TPSA) is 123 Å². The van der Waals surface area contributed by atoms with E-state index in [1.165, 1.54) is 81.8 Å². The lowest BCUT2D eigenvalue weighted by atomic mass is 9.82. The lowest BCUT2D eigenvalue weighted by Crippen LogP contribution is -2.35. The minimum absolute atomic E-state index is 0.0251. The van der Waals surface area contributed by atoms with E-state index in [2.05, 4.69) is 17.0 Å². The van der Waals surface area contributed by atoms with Crippen LogP contribution in [-0.2, 0) is 9.53 Å². The highest BCUT2D eigenvalue weighted by Crippen LogP contribution is 2.46. The number of rotatable bonds is 10. The maximum Gasteiger partial charge on any atom is 0.341 e. The van der Waals surface area contributed by atoms with Crippen LogP contribution in [0.5, 0.6) is 0 Å². The summed E-state index contributed by atoms with van der Waals surface area (Å²) >= 11 is 0. The second-order valence-electron chi connectivity index (χ2n) is 11.4. The molecule has 4 rings (SSSR count). The van der Waals surface area contributed by atoms with Crippen LogP contribution in [0.15, 0.2) is 52.9 Å². The van der Waals surface area contributed by atoms with Crippen LogP contribution >= 0.6 is 0 Å². The number of hydrazine groups is 1. The van der Waals surface area contributed by atoms with Crippen molar-refractivity contribution < 1.29 is 9.53 Å². The van der Waals surface area contributed by atoms with Gasteiger partial charge in [0.2, 0.25) is 0 Å². The third-order valence-corrected chi connectivity index (χ3v) is 8.44. The van der Waals surface area contributed by atoms with E-state index < -0.39 is 5.97 Å². The Morgan fingerprint density at radius 3 is 2.58 bits per heavy atom. The smallest absolute Gasteiger partial charge is 0.341 e. The van der Waals surface area contributed by atoms with E-state index in [-0.39, 0.29) is 17.4 Å². The molecule has 1 aliphatic heterocycles. The van der Waals surface area contributed by atoms with Crippen molar-refractivity contribution in [2.75, 3.05) is 32.1 Å². The molecule has 3 unspecified atom stereocenters. The van der Waals surface area contributed by atoms with E-state index in [9.17, 15) is 4.79 Å². The minimum atomic E-state index is -0.497. The van der Waals surface area contributed by atoms with Crippen LogP contribution in [0.4, 0.5) is 11.4 Å². The van der Waals surface area contributed by atoms with Gasteiger partial charge in [-0.1, -0.05) is 44.6 Å². The predicted octanol–water partition coefficient (Wildman–Crippen LogP) is 4.59. The van der Waals surface area contributed by atoms with Gasteiger partial charge >= 0.3 is 5.97 Å². The van der Waals surface area contributed by atoms with Crippen LogP contribution in [0.1, 0.15) is 64.2 Å². The quantitative estimate of drug-likeness (QED) is 0.135. The molecule has 3 atom stereocenters. The molecule has 0 aromatic heterocycles. The molecule has 1 heterocycles. The molecular weight excluding hydrogens is 476 g/mol. The zero-order chi connectivity index (χ0) is 27.1. The summed E-state index contributed by atoms with van der Waals surface area (Å²) in [5.41, 5.74) is 15.7. The fourth-order valence-electron chi connectivity index (χ4n) is 6.29. The highest BCUT2D eigenvalue weighted by atomic mass is 16.5. The summed E-state index contributed by atoms with van der Waals surface area (Å²) in [4.78, 5) is 20.0. The number of nitrogens with zero attached hydrogens (tertiary/aromatic N) is 3. The van der Waals surface area contributed by atoms with Gasteiger partial charge in [-0.25, -0.2) is 10.6 Å². The number of nitrogens with two attached hydrogens (primary N) is 3. The third-order valence-electron chi connectivity index (χ3n) is 8.44. The van der Waals surface area contributed by atoms with Crippen molar-refractivity contribution in [1.82, 2.24) is 5.01 Å². The maximum absolute atomic E-state index is 12.6. The Labute approximate surface area is 227 Å². The predicted molar refractivity (Wildman–Crippen MR) is 154 cm³/mol. The van der Waals surface area contributed by atoms with Crippen molar-refractivity contribution in [2.45, 2.75) is 64.2 Å². The first-order valence-electron chi connectivity index (χ1n) is 14.3. The second kappa shape index (κ2) is 13.2. The Morgan fingerprint density at radius 1 is 1.13 bits per heavy atom. The molecule has 0 bridgehead atoms. The normalized spacial score (nSPS) is 25.3. The summed E-state index contributed by atoms with van der Waals surface area (Å²) < 4.78 is 5.01. The zero-order valence-corrected chi connectivity index (χ0v) is 23.1. The maximum atomic E-state index is 12.6. The molecule has 6 N–H and O–H groups in total. The van der Waals surface area contributed by atoms with Crippen LogP contribution < -0.4 is 22.2 Å². The summed E-state index contributed by atoms with van der Waals surface area (Å²) in [5.74, 6) is 6.97. The molecule has 1 saturated heterocycles. The van der Waals surface area contributed by atoms with Crippen molar-refractivity contribution >= 4 is 23.1 Å². The van der Waals surface area contributed by atoms with E-state index in [4.69, 9.17) is 27.0 Å². The highest BCUT2D eigenvalue weighted by Gasteiger charge is 2.45. The number of ether oxygens (including phenoxy) is 1.